The van der Waals surface area contributed by atoms with Crippen LogP contribution >= 0.6 is 0 Å². The zero-order valence-corrected chi connectivity index (χ0v) is 10.9. The molecule has 0 radical (unpaired) electrons. The van der Waals surface area contributed by atoms with E-state index in [1.807, 2.05) is 0 Å². The van der Waals surface area contributed by atoms with E-state index in [-0.39, 0.29) is 5.71 Å². The second kappa shape index (κ2) is 7.22. The lowest BCUT2D eigenvalue weighted by atomic mass is 10.1. The highest BCUT2D eigenvalue weighted by molar-refractivity contribution is 5.88. The number of nitrogens with zero attached hydrogens (tertiary/aromatic N) is 2. The lowest BCUT2D eigenvalue weighted by Crippen LogP contribution is -2.29. The molecule has 0 heterocycles. The number of nitro groups is 1. The minimum atomic E-state index is -1.20. The van der Waals surface area contributed by atoms with E-state index in [1.54, 1.807) is 30.3 Å². The van der Waals surface area contributed by atoms with Crippen LogP contribution in [-0.4, -0.2) is 32.5 Å². The third-order valence-electron chi connectivity index (χ3n) is 2.14. The summed E-state index contributed by atoms with van der Waals surface area (Å²) in [5.41, 5.74) is -0.775. The molecule has 104 valence electrons. The molecule has 0 bridgehead atoms. The van der Waals surface area contributed by atoms with Crippen LogP contribution in [0, 0.1) is 10.1 Å². The molecule has 0 fully saturated rings. The first-order valence-electron chi connectivity index (χ1n) is 5.35. The number of rotatable bonds is 3. The van der Waals surface area contributed by atoms with Crippen molar-refractivity contribution in [1.82, 2.24) is 0 Å². The molecule has 1 aromatic carbocycles. The number of benzene rings is 1. The maximum atomic E-state index is 10.2. The van der Waals surface area contributed by atoms with Crippen molar-refractivity contribution in [2.45, 2.75) is 26.4 Å². The van der Waals surface area contributed by atoms with Crippen LogP contribution in [0.25, 0.3) is 0 Å². The lowest BCUT2D eigenvalue weighted by Gasteiger charge is -2.12. The van der Waals surface area contributed by atoms with Crippen molar-refractivity contribution >= 4 is 11.7 Å². The number of carboxylic acids is 1. The second-order valence-corrected chi connectivity index (χ2v) is 4.15. The molecule has 0 amide bonds. The summed E-state index contributed by atoms with van der Waals surface area (Å²) in [5.74, 6) is -0.879. The summed E-state index contributed by atoms with van der Waals surface area (Å²) in [5, 5.41) is 29.4. The van der Waals surface area contributed by atoms with Crippen molar-refractivity contribution in [3.05, 3.63) is 46.0 Å². The SMILES string of the molecule is CC(=N[N+](=O)[O-])C(C)(C)O.O=C(O)c1ccccc1. The van der Waals surface area contributed by atoms with Crippen LogP contribution in [0.4, 0.5) is 0 Å². The van der Waals surface area contributed by atoms with Gasteiger partial charge in [-0.2, -0.15) is 0 Å². The van der Waals surface area contributed by atoms with E-state index in [9.17, 15) is 14.9 Å². The molecule has 7 heteroatoms. The van der Waals surface area contributed by atoms with Gasteiger partial charge in [0.1, 0.15) is 11.3 Å². The predicted molar refractivity (Wildman–Crippen MR) is 69.8 cm³/mol. The summed E-state index contributed by atoms with van der Waals surface area (Å²) in [6.45, 7) is 4.29. The van der Waals surface area contributed by atoms with Crippen molar-refractivity contribution in [3.8, 4) is 0 Å². The van der Waals surface area contributed by atoms with Gasteiger partial charge in [0.2, 0.25) is 0 Å². The van der Waals surface area contributed by atoms with Gasteiger partial charge in [-0.3, -0.25) is 0 Å². The Morgan fingerprint density at radius 2 is 1.79 bits per heavy atom. The first-order chi connectivity index (χ1) is 8.64. The minimum absolute atomic E-state index is 0.0949. The van der Waals surface area contributed by atoms with E-state index in [0.717, 1.165) is 0 Å². The summed E-state index contributed by atoms with van der Waals surface area (Å²) in [7, 11) is 0. The van der Waals surface area contributed by atoms with E-state index in [0.29, 0.717) is 5.56 Å². The van der Waals surface area contributed by atoms with E-state index in [2.05, 4.69) is 5.10 Å². The van der Waals surface area contributed by atoms with Crippen LogP contribution in [-0.2, 0) is 0 Å². The molecule has 0 aliphatic heterocycles. The van der Waals surface area contributed by atoms with Crippen LogP contribution in [0.2, 0.25) is 0 Å². The van der Waals surface area contributed by atoms with Crippen LogP contribution < -0.4 is 0 Å². The predicted octanol–water partition coefficient (Wildman–Crippen LogP) is 1.79. The van der Waals surface area contributed by atoms with Crippen molar-refractivity contribution in [1.29, 1.82) is 0 Å². The minimum Gasteiger partial charge on any atom is -0.478 e. The second-order valence-electron chi connectivity index (χ2n) is 4.15. The number of hydrogen-bond acceptors (Lipinski definition) is 4. The maximum Gasteiger partial charge on any atom is 0.335 e. The highest BCUT2D eigenvalue weighted by atomic mass is 16.7. The van der Waals surface area contributed by atoms with Crippen LogP contribution in [0.1, 0.15) is 31.1 Å². The first-order valence-corrected chi connectivity index (χ1v) is 5.35. The largest absolute Gasteiger partial charge is 0.478 e. The highest BCUT2D eigenvalue weighted by Gasteiger charge is 2.19. The third-order valence-corrected chi connectivity index (χ3v) is 2.14. The average molecular weight is 268 g/mol. The summed E-state index contributed by atoms with van der Waals surface area (Å²) in [6.07, 6.45) is 0. The molecule has 1 rings (SSSR count). The zero-order valence-electron chi connectivity index (χ0n) is 10.9. The fourth-order valence-electron chi connectivity index (χ4n) is 0.826. The Morgan fingerprint density at radius 1 is 1.32 bits per heavy atom. The summed E-state index contributed by atoms with van der Waals surface area (Å²) in [4.78, 5) is 20.0. The smallest absolute Gasteiger partial charge is 0.335 e. The molecule has 1 aromatic rings. The molecule has 0 saturated heterocycles. The summed E-state index contributed by atoms with van der Waals surface area (Å²) >= 11 is 0. The van der Waals surface area contributed by atoms with Gasteiger partial charge in [0.05, 0.1) is 10.7 Å². The first kappa shape index (κ1) is 16.7. The van der Waals surface area contributed by atoms with Gasteiger partial charge in [-0.25, -0.2) is 14.9 Å². The van der Waals surface area contributed by atoms with Gasteiger partial charge in [0, 0.05) is 0 Å². The maximum absolute atomic E-state index is 10.2. The molecule has 0 aromatic heterocycles. The van der Waals surface area contributed by atoms with Crippen LogP contribution in [0.5, 0.6) is 0 Å². The van der Waals surface area contributed by atoms with Gasteiger partial charge in [0.15, 0.2) is 5.03 Å². The number of aromatic carboxylic acids is 1. The van der Waals surface area contributed by atoms with E-state index in [1.165, 1.54) is 20.8 Å². The summed E-state index contributed by atoms with van der Waals surface area (Å²) < 4.78 is 0. The van der Waals surface area contributed by atoms with Gasteiger partial charge in [-0.05, 0) is 32.9 Å². The highest BCUT2D eigenvalue weighted by Crippen LogP contribution is 2.03. The Hall–Kier alpha value is -2.28. The Morgan fingerprint density at radius 3 is 2.00 bits per heavy atom. The van der Waals surface area contributed by atoms with E-state index >= 15 is 0 Å². The number of carboxylic acid groups (broad SMARTS) is 1. The molecule has 0 aliphatic rings. The van der Waals surface area contributed by atoms with Crippen LogP contribution in [0.15, 0.2) is 35.4 Å². The Balaban J connectivity index is 0.000000342. The van der Waals surface area contributed by atoms with E-state index in [4.69, 9.17) is 10.2 Å². The third kappa shape index (κ3) is 7.61. The normalized spacial score (nSPS) is 11.3. The van der Waals surface area contributed by atoms with Gasteiger partial charge >= 0.3 is 5.97 Å². The Kier molecular flexibility index (Phi) is 6.35. The van der Waals surface area contributed by atoms with Gasteiger partial charge in [0.25, 0.3) is 0 Å². The average Bonchev–Trinajstić information content (AvgIpc) is 2.29. The molecule has 19 heavy (non-hydrogen) atoms. The van der Waals surface area contributed by atoms with Crippen molar-refractivity contribution in [3.63, 3.8) is 0 Å². The fourth-order valence-corrected chi connectivity index (χ4v) is 0.826. The Labute approximate surface area is 110 Å². The van der Waals surface area contributed by atoms with Crippen molar-refractivity contribution in [2.75, 3.05) is 0 Å². The van der Waals surface area contributed by atoms with E-state index < -0.39 is 16.6 Å². The Bertz CT molecular complexity index is 463. The quantitative estimate of drug-likeness (QED) is 0.493. The molecule has 0 saturated carbocycles. The number of aliphatic hydroxyl groups is 1. The lowest BCUT2D eigenvalue weighted by molar-refractivity contribution is -0.485. The molecule has 0 aliphatic carbocycles. The molecule has 0 unspecified atom stereocenters. The topological polar surface area (TPSA) is 113 Å². The van der Waals surface area contributed by atoms with Gasteiger partial charge in [-0.15, -0.1) is 0 Å². The van der Waals surface area contributed by atoms with Crippen LogP contribution in [0.3, 0.4) is 0 Å². The van der Waals surface area contributed by atoms with Gasteiger partial charge in [-0.1, -0.05) is 18.2 Å². The molecule has 2 N–H and O–H groups in total. The van der Waals surface area contributed by atoms with Gasteiger partial charge < -0.3 is 10.2 Å². The summed E-state index contributed by atoms with van der Waals surface area (Å²) in [6, 6.07) is 8.30. The fraction of sp³-hybridized carbons (Fsp3) is 0.333. The monoisotopic (exact) mass is 268 g/mol. The molecule has 0 spiro atoms. The number of hydrogen-bond donors (Lipinski definition) is 2. The number of hydrazone groups is 1. The van der Waals surface area contributed by atoms with Crippen molar-refractivity contribution < 1.29 is 20.0 Å². The zero-order chi connectivity index (χ0) is 15.1. The van der Waals surface area contributed by atoms with Crippen molar-refractivity contribution in [2.24, 2.45) is 5.10 Å². The molecular weight excluding hydrogens is 252 g/mol. The molecule has 0 atom stereocenters. The molecule has 7 nitrogen and oxygen atoms in total. The molecular formula is C12H16N2O5. The standard InChI is InChI=1S/C7H6O2.C5H10N2O3/c8-7(9)6-4-2-1-3-5-6;1-4(5(2,3)8)6-7(9)10/h1-5H,(H,8,9);8H,1-3H3. The number of carbonyl (C=O) groups is 1.